The number of aliphatic hydroxyl groups is 1. The zero-order valence-corrected chi connectivity index (χ0v) is 24.0. The standard InChI is InChI=1S/C28H37IN4O5/c1-18(2)25-28(37)32-23(17-34)26(35)31-12-6-9-20-8-3-4-11-24(20)38-14-13-30-22(27(36)33-25)16-19-7-5-10-21(29)15-19/h3-5,7-8,10-11,15,18,22-23,25,30,34H,6,9,12-14,16-17H2,1-2H3,(H,31,35)(H,32,37)(H,33,36)/t22-,23+,25-/m1/s1. The number of fused-ring (bicyclic) bond motifs is 1. The molecular weight excluding hydrogens is 599 g/mol. The molecule has 2 aromatic rings. The predicted octanol–water partition coefficient (Wildman–Crippen LogP) is 1.55. The first-order chi connectivity index (χ1) is 18.3. The van der Waals surface area contributed by atoms with Crippen molar-refractivity contribution in [3.8, 4) is 5.75 Å². The normalized spacial score (nSPS) is 22.2. The molecule has 9 nitrogen and oxygen atoms in total. The number of ether oxygens (including phenoxy) is 1. The van der Waals surface area contributed by atoms with Gasteiger partial charge in [-0.3, -0.25) is 14.4 Å². The van der Waals surface area contributed by atoms with Crippen LogP contribution in [0.2, 0.25) is 0 Å². The number of nitrogens with one attached hydrogen (secondary N) is 4. The van der Waals surface area contributed by atoms with Gasteiger partial charge in [0.1, 0.15) is 24.4 Å². The number of carbonyl (C=O) groups is 3. The highest BCUT2D eigenvalue weighted by atomic mass is 127. The van der Waals surface area contributed by atoms with Crippen molar-refractivity contribution in [2.24, 2.45) is 5.92 Å². The number of para-hydroxylation sites is 1. The van der Waals surface area contributed by atoms with Gasteiger partial charge in [-0.2, -0.15) is 0 Å². The Hall–Kier alpha value is -2.70. The molecular formula is C28H37IN4O5. The third kappa shape index (κ3) is 8.95. The maximum absolute atomic E-state index is 13.4. The highest BCUT2D eigenvalue weighted by molar-refractivity contribution is 14.1. The van der Waals surface area contributed by atoms with Gasteiger partial charge < -0.3 is 31.1 Å². The van der Waals surface area contributed by atoms with Crippen LogP contribution in [-0.4, -0.2) is 67.3 Å². The van der Waals surface area contributed by atoms with Crippen LogP contribution in [0.15, 0.2) is 48.5 Å². The lowest BCUT2D eigenvalue weighted by Gasteiger charge is -2.27. The van der Waals surface area contributed by atoms with Crippen LogP contribution in [-0.2, 0) is 27.2 Å². The number of halogens is 1. The van der Waals surface area contributed by atoms with E-state index in [-0.39, 0.29) is 11.8 Å². The van der Waals surface area contributed by atoms with Crippen LogP contribution in [0.5, 0.6) is 5.75 Å². The van der Waals surface area contributed by atoms with Crippen molar-refractivity contribution < 1.29 is 24.2 Å². The number of aliphatic hydroxyl groups excluding tert-OH is 1. The maximum atomic E-state index is 13.4. The molecule has 3 amide bonds. The number of benzene rings is 2. The third-order valence-electron chi connectivity index (χ3n) is 6.35. The van der Waals surface area contributed by atoms with E-state index < -0.39 is 36.5 Å². The number of amides is 3. The molecule has 206 valence electrons. The van der Waals surface area contributed by atoms with Crippen molar-refractivity contribution in [3.63, 3.8) is 0 Å². The summed E-state index contributed by atoms with van der Waals surface area (Å²) in [5.74, 6) is -0.803. The van der Waals surface area contributed by atoms with Gasteiger partial charge in [0.2, 0.25) is 17.7 Å². The molecule has 38 heavy (non-hydrogen) atoms. The van der Waals surface area contributed by atoms with Gasteiger partial charge in [0.15, 0.2) is 0 Å². The van der Waals surface area contributed by atoms with Crippen LogP contribution in [0.3, 0.4) is 0 Å². The van der Waals surface area contributed by atoms with Gasteiger partial charge in [-0.1, -0.05) is 44.2 Å². The fourth-order valence-corrected chi connectivity index (χ4v) is 4.87. The van der Waals surface area contributed by atoms with E-state index in [0.717, 1.165) is 20.4 Å². The summed E-state index contributed by atoms with van der Waals surface area (Å²) in [6.45, 7) is 4.25. The lowest BCUT2D eigenvalue weighted by molar-refractivity contribution is -0.134. The van der Waals surface area contributed by atoms with Crippen molar-refractivity contribution in [2.45, 2.75) is 51.2 Å². The Labute approximate surface area is 237 Å². The summed E-state index contributed by atoms with van der Waals surface area (Å²) < 4.78 is 7.10. The molecule has 1 heterocycles. The molecule has 0 spiro atoms. The molecule has 1 aliphatic rings. The fraction of sp³-hybridized carbons (Fsp3) is 0.464. The van der Waals surface area contributed by atoms with Gasteiger partial charge >= 0.3 is 0 Å². The van der Waals surface area contributed by atoms with E-state index in [9.17, 15) is 19.5 Å². The van der Waals surface area contributed by atoms with Crippen LogP contribution < -0.4 is 26.0 Å². The minimum atomic E-state index is -1.12. The minimum Gasteiger partial charge on any atom is -0.492 e. The number of hydrogen-bond donors (Lipinski definition) is 5. The second-order valence-electron chi connectivity index (χ2n) is 9.67. The van der Waals surface area contributed by atoms with Crippen LogP contribution in [0.4, 0.5) is 0 Å². The minimum absolute atomic E-state index is 0.245. The molecule has 0 unspecified atom stereocenters. The second kappa shape index (κ2) is 15.0. The van der Waals surface area contributed by atoms with E-state index in [4.69, 9.17) is 4.74 Å². The average molecular weight is 637 g/mol. The molecule has 3 atom stereocenters. The molecule has 0 aromatic heterocycles. The lowest BCUT2D eigenvalue weighted by atomic mass is 10.0. The summed E-state index contributed by atoms with van der Waals surface area (Å²) in [5, 5.41) is 21.3. The van der Waals surface area contributed by atoms with Crippen LogP contribution >= 0.6 is 22.6 Å². The molecule has 0 radical (unpaired) electrons. The van der Waals surface area contributed by atoms with Gasteiger partial charge in [0.25, 0.3) is 0 Å². The van der Waals surface area contributed by atoms with Crippen LogP contribution in [0.1, 0.15) is 31.4 Å². The van der Waals surface area contributed by atoms with E-state index in [2.05, 4.69) is 43.9 Å². The molecule has 1 aliphatic heterocycles. The second-order valence-corrected chi connectivity index (χ2v) is 10.9. The number of hydrogen-bond acceptors (Lipinski definition) is 6. The first kappa shape index (κ1) is 29.9. The van der Waals surface area contributed by atoms with Crippen molar-refractivity contribution in [3.05, 3.63) is 63.2 Å². The molecule has 0 saturated carbocycles. The topological polar surface area (TPSA) is 129 Å². The lowest BCUT2D eigenvalue weighted by Crippen LogP contribution is -2.59. The van der Waals surface area contributed by atoms with Crippen molar-refractivity contribution in [1.29, 1.82) is 0 Å². The zero-order chi connectivity index (χ0) is 27.5. The highest BCUT2D eigenvalue weighted by Gasteiger charge is 2.30. The molecule has 0 aliphatic carbocycles. The van der Waals surface area contributed by atoms with Crippen molar-refractivity contribution in [1.82, 2.24) is 21.3 Å². The van der Waals surface area contributed by atoms with E-state index in [1.807, 2.05) is 62.4 Å². The van der Waals surface area contributed by atoms with Gasteiger partial charge in [-0.05, 0) is 77.1 Å². The van der Waals surface area contributed by atoms with Crippen molar-refractivity contribution in [2.75, 3.05) is 26.3 Å². The van der Waals surface area contributed by atoms with E-state index in [1.165, 1.54) is 0 Å². The first-order valence-corrected chi connectivity index (χ1v) is 14.0. The molecule has 5 N–H and O–H groups in total. The maximum Gasteiger partial charge on any atom is 0.244 e. The summed E-state index contributed by atoms with van der Waals surface area (Å²) >= 11 is 2.24. The Morgan fingerprint density at radius 2 is 1.76 bits per heavy atom. The van der Waals surface area contributed by atoms with Gasteiger partial charge in [-0.15, -0.1) is 0 Å². The third-order valence-corrected chi connectivity index (χ3v) is 7.02. The summed E-state index contributed by atoms with van der Waals surface area (Å²) in [7, 11) is 0. The van der Waals surface area contributed by atoms with E-state index in [1.54, 1.807) is 0 Å². The Morgan fingerprint density at radius 3 is 2.50 bits per heavy atom. The van der Waals surface area contributed by atoms with E-state index >= 15 is 0 Å². The Balaban J connectivity index is 1.84. The summed E-state index contributed by atoms with van der Waals surface area (Å²) in [4.78, 5) is 39.2. The largest absolute Gasteiger partial charge is 0.492 e. The Bertz CT molecular complexity index is 1100. The number of carbonyl (C=O) groups excluding carboxylic acids is 3. The highest BCUT2D eigenvalue weighted by Crippen LogP contribution is 2.19. The number of rotatable bonds is 4. The molecule has 0 saturated heterocycles. The monoisotopic (exact) mass is 636 g/mol. The SMILES string of the molecule is CC(C)[C@H]1NC(=O)[C@@H](Cc2cccc(I)c2)NCCOc2ccccc2CCCNC(=O)[C@H](CO)NC1=O. The predicted molar refractivity (Wildman–Crippen MR) is 154 cm³/mol. The summed E-state index contributed by atoms with van der Waals surface area (Å²) in [5.41, 5.74) is 2.00. The first-order valence-electron chi connectivity index (χ1n) is 13.0. The Morgan fingerprint density at radius 1 is 0.974 bits per heavy atom. The fourth-order valence-electron chi connectivity index (χ4n) is 4.26. The molecule has 2 aromatic carbocycles. The molecule has 0 bridgehead atoms. The smallest absolute Gasteiger partial charge is 0.244 e. The molecule has 10 heteroatoms. The van der Waals surface area contributed by atoms with Gasteiger partial charge in [0.05, 0.1) is 12.6 Å². The number of aryl methyl sites for hydroxylation is 1. The van der Waals surface area contributed by atoms with Gasteiger partial charge in [0, 0.05) is 16.7 Å². The zero-order valence-electron chi connectivity index (χ0n) is 21.8. The Kier molecular flexibility index (Phi) is 11.8. The van der Waals surface area contributed by atoms with E-state index in [0.29, 0.717) is 39.0 Å². The quantitative estimate of drug-likeness (QED) is 0.324. The van der Waals surface area contributed by atoms with Crippen molar-refractivity contribution >= 4 is 40.3 Å². The van der Waals surface area contributed by atoms with Gasteiger partial charge in [-0.25, -0.2) is 0 Å². The summed E-state index contributed by atoms with van der Waals surface area (Å²) in [6, 6.07) is 13.0. The average Bonchev–Trinajstić information content (AvgIpc) is 2.89. The van der Waals surface area contributed by atoms with Crippen LogP contribution in [0, 0.1) is 9.49 Å². The van der Waals surface area contributed by atoms with Crippen LogP contribution in [0.25, 0.3) is 0 Å². The molecule has 3 rings (SSSR count). The molecule has 0 fully saturated rings. The summed E-state index contributed by atoms with van der Waals surface area (Å²) in [6.07, 6.45) is 1.78.